The van der Waals surface area contributed by atoms with Crippen LogP contribution in [-0.4, -0.2) is 28.8 Å². The van der Waals surface area contributed by atoms with E-state index in [1.165, 1.54) is 122 Å². The van der Waals surface area contributed by atoms with Gasteiger partial charge in [-0.05, 0) is 38.5 Å². The average Bonchev–Trinajstić information content (AvgIpc) is 2.96. The van der Waals surface area contributed by atoms with Crippen LogP contribution in [0, 0.1) is 0 Å². The summed E-state index contributed by atoms with van der Waals surface area (Å²) in [6, 6.07) is -1.06. The van der Waals surface area contributed by atoms with Crippen LogP contribution in [0.1, 0.15) is 194 Å². The first kappa shape index (κ1) is 39.0. The third-order valence-corrected chi connectivity index (χ3v) is 8.25. The van der Waals surface area contributed by atoms with Crippen LogP contribution in [-0.2, 0) is 9.59 Å². The van der Waals surface area contributed by atoms with Gasteiger partial charge >= 0.3 is 0 Å². The van der Waals surface area contributed by atoms with Crippen molar-refractivity contribution in [1.82, 2.24) is 0 Å². The SMILES string of the molecule is CCCCCCCC/C=C\CCCCCCCC(=O)C(N)C(O)C(=O)CCCCCCCCCCCCCCC. The molecule has 0 bridgehead atoms. The molecule has 0 rings (SSSR count). The summed E-state index contributed by atoms with van der Waals surface area (Å²) in [5.41, 5.74) is 5.94. The molecule has 0 aliphatic heterocycles. The molecule has 0 aliphatic carbocycles. The van der Waals surface area contributed by atoms with E-state index in [0.29, 0.717) is 12.8 Å². The number of allylic oxidation sites excluding steroid dienone is 2. The number of aliphatic hydroxyl groups is 1. The maximum Gasteiger partial charge on any atom is 0.163 e. The van der Waals surface area contributed by atoms with E-state index in [9.17, 15) is 14.7 Å². The van der Waals surface area contributed by atoms with Gasteiger partial charge in [-0.1, -0.05) is 154 Å². The summed E-state index contributed by atoms with van der Waals surface area (Å²) in [4.78, 5) is 24.7. The third-order valence-electron chi connectivity index (χ3n) is 8.25. The molecule has 4 nitrogen and oxygen atoms in total. The lowest BCUT2D eigenvalue weighted by atomic mass is 9.96. The van der Waals surface area contributed by atoms with E-state index in [1.54, 1.807) is 0 Å². The lowest BCUT2D eigenvalue weighted by molar-refractivity contribution is -0.134. The molecule has 0 spiro atoms. The van der Waals surface area contributed by atoms with Crippen molar-refractivity contribution in [2.75, 3.05) is 0 Å². The molecule has 0 heterocycles. The van der Waals surface area contributed by atoms with Crippen molar-refractivity contribution in [1.29, 1.82) is 0 Å². The Kier molecular flexibility index (Phi) is 30.2. The summed E-state index contributed by atoms with van der Waals surface area (Å²) in [5, 5.41) is 10.3. The highest BCUT2D eigenvalue weighted by molar-refractivity contribution is 5.93. The molecule has 0 aromatic heterocycles. The Morgan fingerprint density at radius 3 is 1.18 bits per heavy atom. The van der Waals surface area contributed by atoms with Gasteiger partial charge in [0.05, 0.1) is 6.04 Å². The fourth-order valence-corrected chi connectivity index (χ4v) is 5.38. The minimum Gasteiger partial charge on any atom is -0.383 e. The quantitative estimate of drug-likeness (QED) is 0.0630. The van der Waals surface area contributed by atoms with E-state index in [2.05, 4.69) is 26.0 Å². The molecule has 2 atom stereocenters. The van der Waals surface area contributed by atoms with Crippen LogP contribution in [0.4, 0.5) is 0 Å². The molecule has 0 amide bonds. The maximum atomic E-state index is 12.4. The largest absolute Gasteiger partial charge is 0.383 e. The summed E-state index contributed by atoms with van der Waals surface area (Å²) in [7, 11) is 0. The van der Waals surface area contributed by atoms with Crippen LogP contribution in [0.5, 0.6) is 0 Å². The Morgan fingerprint density at radius 2 is 0.800 bits per heavy atom. The summed E-state index contributed by atoms with van der Waals surface area (Å²) in [6.07, 6.45) is 36.1. The van der Waals surface area contributed by atoms with E-state index in [-0.39, 0.29) is 11.6 Å². The van der Waals surface area contributed by atoms with E-state index in [4.69, 9.17) is 5.73 Å². The number of unbranched alkanes of at least 4 members (excludes halogenated alkanes) is 23. The topological polar surface area (TPSA) is 80.4 Å². The van der Waals surface area contributed by atoms with Crippen LogP contribution in [0.3, 0.4) is 0 Å². The molecule has 40 heavy (non-hydrogen) atoms. The monoisotopic (exact) mass is 564 g/mol. The predicted molar refractivity (Wildman–Crippen MR) is 174 cm³/mol. The van der Waals surface area contributed by atoms with E-state index < -0.39 is 12.1 Å². The first-order valence-corrected chi connectivity index (χ1v) is 17.7. The fourth-order valence-electron chi connectivity index (χ4n) is 5.38. The smallest absolute Gasteiger partial charge is 0.163 e. The fraction of sp³-hybridized carbons (Fsp3) is 0.889. The Morgan fingerprint density at radius 1 is 0.500 bits per heavy atom. The number of rotatable bonds is 32. The zero-order valence-corrected chi connectivity index (χ0v) is 26.9. The molecule has 0 aliphatic rings. The Labute approximate surface area is 249 Å². The highest BCUT2D eigenvalue weighted by atomic mass is 16.3. The minimum absolute atomic E-state index is 0.177. The zero-order valence-electron chi connectivity index (χ0n) is 26.9. The van der Waals surface area contributed by atoms with Crippen molar-refractivity contribution >= 4 is 11.6 Å². The number of aliphatic hydroxyl groups excluding tert-OH is 1. The van der Waals surface area contributed by atoms with Crippen LogP contribution in [0.15, 0.2) is 12.2 Å². The number of hydrogen-bond donors (Lipinski definition) is 2. The second-order valence-corrected chi connectivity index (χ2v) is 12.2. The third kappa shape index (κ3) is 25.9. The zero-order chi connectivity index (χ0) is 29.5. The second kappa shape index (κ2) is 30.9. The first-order valence-electron chi connectivity index (χ1n) is 17.7. The molecule has 0 radical (unpaired) electrons. The van der Waals surface area contributed by atoms with E-state index in [1.807, 2.05) is 0 Å². The minimum atomic E-state index is -1.34. The van der Waals surface area contributed by atoms with Crippen molar-refractivity contribution < 1.29 is 14.7 Å². The van der Waals surface area contributed by atoms with E-state index >= 15 is 0 Å². The molecule has 0 aromatic rings. The van der Waals surface area contributed by atoms with Crippen LogP contribution in [0.25, 0.3) is 0 Å². The van der Waals surface area contributed by atoms with Gasteiger partial charge in [0.1, 0.15) is 6.10 Å². The molecular weight excluding hydrogens is 494 g/mol. The Hall–Kier alpha value is -1.00. The van der Waals surface area contributed by atoms with Gasteiger partial charge in [-0.25, -0.2) is 0 Å². The lowest BCUT2D eigenvalue weighted by Gasteiger charge is -2.16. The molecule has 2 unspecified atom stereocenters. The number of Topliss-reactive ketones (excluding diaryl/α,β-unsaturated/α-hetero) is 2. The van der Waals surface area contributed by atoms with Crippen molar-refractivity contribution in [2.24, 2.45) is 5.73 Å². The van der Waals surface area contributed by atoms with Gasteiger partial charge in [0.2, 0.25) is 0 Å². The molecule has 0 saturated carbocycles. The molecule has 0 fully saturated rings. The summed E-state index contributed by atoms with van der Waals surface area (Å²) >= 11 is 0. The molecule has 4 heteroatoms. The van der Waals surface area contributed by atoms with Crippen LogP contribution >= 0.6 is 0 Å². The van der Waals surface area contributed by atoms with Gasteiger partial charge in [0.15, 0.2) is 11.6 Å². The van der Waals surface area contributed by atoms with Crippen molar-refractivity contribution in [2.45, 2.75) is 206 Å². The molecule has 0 saturated heterocycles. The Balaban J connectivity index is 3.60. The van der Waals surface area contributed by atoms with Gasteiger partial charge < -0.3 is 10.8 Å². The molecule has 236 valence electrons. The maximum absolute atomic E-state index is 12.4. The Bertz CT molecular complexity index is 589. The summed E-state index contributed by atoms with van der Waals surface area (Å²) in [5.74, 6) is -0.447. The van der Waals surface area contributed by atoms with Crippen LogP contribution in [0.2, 0.25) is 0 Å². The highest BCUT2D eigenvalue weighted by Gasteiger charge is 2.27. The standard InChI is InChI=1S/C36H69NO3/c1-3-5-7-9-11-13-15-17-18-20-21-23-25-27-29-31-33(38)35(37)36(40)34(39)32-30-28-26-24-22-19-16-14-12-10-8-6-4-2/h17-18,35-36,40H,3-16,19-32,37H2,1-2H3/b18-17-. The highest BCUT2D eigenvalue weighted by Crippen LogP contribution is 2.15. The number of ketones is 2. The summed E-state index contributed by atoms with van der Waals surface area (Å²) < 4.78 is 0. The normalized spacial score (nSPS) is 13.2. The van der Waals surface area contributed by atoms with Gasteiger partial charge in [-0.2, -0.15) is 0 Å². The number of nitrogens with two attached hydrogens (primary N) is 1. The van der Waals surface area contributed by atoms with Crippen LogP contribution < -0.4 is 5.73 Å². The molecule has 0 aromatic carbocycles. The first-order chi connectivity index (χ1) is 19.5. The number of hydrogen-bond acceptors (Lipinski definition) is 4. The molecule has 3 N–H and O–H groups in total. The van der Waals surface area contributed by atoms with Gasteiger partial charge in [0.25, 0.3) is 0 Å². The van der Waals surface area contributed by atoms with Crippen molar-refractivity contribution in [3.63, 3.8) is 0 Å². The summed E-state index contributed by atoms with van der Waals surface area (Å²) in [6.45, 7) is 4.52. The van der Waals surface area contributed by atoms with E-state index in [0.717, 1.165) is 44.9 Å². The lowest BCUT2D eigenvalue weighted by Crippen LogP contribution is -2.46. The van der Waals surface area contributed by atoms with Gasteiger partial charge in [0, 0.05) is 12.8 Å². The van der Waals surface area contributed by atoms with Crippen molar-refractivity contribution in [3.8, 4) is 0 Å². The van der Waals surface area contributed by atoms with Gasteiger partial charge in [-0.3, -0.25) is 9.59 Å². The molecular formula is C36H69NO3. The second-order valence-electron chi connectivity index (χ2n) is 12.2. The predicted octanol–water partition coefficient (Wildman–Crippen LogP) is 10.3. The number of carbonyl (C=O) groups is 2. The average molecular weight is 564 g/mol. The number of carbonyl (C=O) groups excluding carboxylic acids is 2. The van der Waals surface area contributed by atoms with Gasteiger partial charge in [-0.15, -0.1) is 0 Å². The van der Waals surface area contributed by atoms with Crippen molar-refractivity contribution in [3.05, 3.63) is 12.2 Å².